The summed E-state index contributed by atoms with van der Waals surface area (Å²) in [5.41, 5.74) is 1.15. The average Bonchev–Trinajstić information content (AvgIpc) is 2.54. The van der Waals surface area contributed by atoms with Gasteiger partial charge in [-0.05, 0) is 52.5 Å². The standard InChI is InChI=1S/C18H29N3O/c1-15(16-7-5-4-6-8-16)19-18(22)11-14-21(3)17-9-12-20(2)13-10-17/h4-8,15,17H,9-14H2,1-3H3,(H,19,22). The van der Waals surface area contributed by atoms with Crippen molar-refractivity contribution in [1.29, 1.82) is 0 Å². The van der Waals surface area contributed by atoms with Gasteiger partial charge < -0.3 is 15.1 Å². The molecule has 4 nitrogen and oxygen atoms in total. The maximum atomic E-state index is 12.1. The van der Waals surface area contributed by atoms with Crippen LogP contribution < -0.4 is 5.32 Å². The minimum absolute atomic E-state index is 0.0716. The van der Waals surface area contributed by atoms with E-state index < -0.39 is 0 Å². The van der Waals surface area contributed by atoms with Gasteiger partial charge in [0.1, 0.15) is 0 Å². The summed E-state index contributed by atoms with van der Waals surface area (Å²) >= 11 is 0. The highest BCUT2D eigenvalue weighted by Crippen LogP contribution is 2.15. The number of amides is 1. The fraction of sp³-hybridized carbons (Fsp3) is 0.611. The minimum Gasteiger partial charge on any atom is -0.350 e. The third kappa shape index (κ3) is 5.11. The van der Waals surface area contributed by atoms with Gasteiger partial charge in [0.2, 0.25) is 5.91 Å². The zero-order valence-corrected chi connectivity index (χ0v) is 14.1. The van der Waals surface area contributed by atoms with Gasteiger partial charge >= 0.3 is 0 Å². The van der Waals surface area contributed by atoms with Crippen molar-refractivity contribution in [1.82, 2.24) is 15.1 Å². The third-order valence-electron chi connectivity index (χ3n) is 4.68. The molecule has 1 aliphatic heterocycles. The summed E-state index contributed by atoms with van der Waals surface area (Å²) in [5, 5.41) is 3.09. The van der Waals surface area contributed by atoms with Crippen LogP contribution in [0.3, 0.4) is 0 Å². The number of nitrogens with one attached hydrogen (secondary N) is 1. The Kier molecular flexibility index (Phi) is 6.40. The maximum Gasteiger partial charge on any atom is 0.221 e. The van der Waals surface area contributed by atoms with Crippen molar-refractivity contribution in [3.63, 3.8) is 0 Å². The number of carbonyl (C=O) groups is 1. The molecule has 1 amide bonds. The van der Waals surface area contributed by atoms with Crippen LogP contribution in [0.25, 0.3) is 0 Å². The molecule has 1 saturated heterocycles. The van der Waals surface area contributed by atoms with E-state index in [2.05, 4.69) is 41.3 Å². The molecule has 0 radical (unpaired) electrons. The Morgan fingerprint density at radius 2 is 1.95 bits per heavy atom. The second kappa shape index (κ2) is 8.30. The largest absolute Gasteiger partial charge is 0.350 e. The Morgan fingerprint density at radius 3 is 2.59 bits per heavy atom. The van der Waals surface area contributed by atoms with Crippen LogP contribution in [-0.4, -0.2) is 55.5 Å². The molecule has 1 N–H and O–H groups in total. The van der Waals surface area contributed by atoms with E-state index in [-0.39, 0.29) is 11.9 Å². The third-order valence-corrected chi connectivity index (χ3v) is 4.68. The van der Waals surface area contributed by atoms with Crippen LogP contribution in [-0.2, 0) is 4.79 Å². The monoisotopic (exact) mass is 303 g/mol. The minimum atomic E-state index is 0.0716. The first-order chi connectivity index (χ1) is 10.6. The highest BCUT2D eigenvalue weighted by Gasteiger charge is 2.21. The first kappa shape index (κ1) is 17.0. The first-order valence-corrected chi connectivity index (χ1v) is 8.29. The number of likely N-dealkylation sites (tertiary alicyclic amines) is 1. The number of rotatable bonds is 6. The molecular formula is C18H29N3O. The van der Waals surface area contributed by atoms with E-state index in [1.54, 1.807) is 0 Å². The highest BCUT2D eigenvalue weighted by atomic mass is 16.1. The molecular weight excluding hydrogens is 274 g/mol. The molecule has 0 spiro atoms. The predicted octanol–water partition coefficient (Wildman–Crippen LogP) is 2.28. The van der Waals surface area contributed by atoms with Gasteiger partial charge in [0, 0.05) is 19.0 Å². The van der Waals surface area contributed by atoms with Gasteiger partial charge in [-0.3, -0.25) is 4.79 Å². The van der Waals surface area contributed by atoms with Gasteiger partial charge in [0.15, 0.2) is 0 Å². The number of benzene rings is 1. The molecule has 4 heteroatoms. The Hall–Kier alpha value is -1.39. The molecule has 1 atom stereocenters. The fourth-order valence-electron chi connectivity index (χ4n) is 3.03. The summed E-state index contributed by atoms with van der Waals surface area (Å²) in [6.07, 6.45) is 2.98. The van der Waals surface area contributed by atoms with Gasteiger partial charge in [0.05, 0.1) is 6.04 Å². The van der Waals surface area contributed by atoms with Crippen molar-refractivity contribution in [3.8, 4) is 0 Å². The maximum absolute atomic E-state index is 12.1. The molecule has 1 fully saturated rings. The molecule has 0 saturated carbocycles. The summed E-state index contributed by atoms with van der Waals surface area (Å²) in [6.45, 7) is 5.19. The molecule has 1 aromatic carbocycles. The zero-order chi connectivity index (χ0) is 15.9. The molecule has 0 aliphatic carbocycles. The van der Waals surface area contributed by atoms with Crippen LogP contribution in [0.5, 0.6) is 0 Å². The summed E-state index contributed by atoms with van der Waals surface area (Å²) in [7, 11) is 4.32. The van der Waals surface area contributed by atoms with Crippen LogP contribution in [0.15, 0.2) is 30.3 Å². The second-order valence-electron chi connectivity index (χ2n) is 6.46. The molecule has 2 rings (SSSR count). The van der Waals surface area contributed by atoms with Gasteiger partial charge in [-0.1, -0.05) is 30.3 Å². The molecule has 1 aliphatic rings. The van der Waals surface area contributed by atoms with Gasteiger partial charge in [-0.2, -0.15) is 0 Å². The normalized spacial score (nSPS) is 18.4. The fourth-order valence-corrected chi connectivity index (χ4v) is 3.03. The zero-order valence-electron chi connectivity index (χ0n) is 14.1. The topological polar surface area (TPSA) is 35.6 Å². The van der Waals surface area contributed by atoms with E-state index in [1.165, 1.54) is 12.8 Å². The lowest BCUT2D eigenvalue weighted by Gasteiger charge is -2.35. The predicted molar refractivity (Wildman–Crippen MR) is 90.8 cm³/mol. The smallest absolute Gasteiger partial charge is 0.221 e. The Morgan fingerprint density at radius 1 is 1.32 bits per heavy atom. The van der Waals surface area contributed by atoms with E-state index in [4.69, 9.17) is 0 Å². The summed E-state index contributed by atoms with van der Waals surface area (Å²) in [5.74, 6) is 0.135. The van der Waals surface area contributed by atoms with E-state index >= 15 is 0 Å². The Balaban J connectivity index is 1.71. The van der Waals surface area contributed by atoms with E-state index in [0.29, 0.717) is 12.5 Å². The first-order valence-electron chi connectivity index (χ1n) is 8.29. The molecule has 0 aromatic heterocycles. The average molecular weight is 303 g/mol. The summed E-state index contributed by atoms with van der Waals surface area (Å²) in [4.78, 5) is 16.8. The van der Waals surface area contributed by atoms with E-state index in [1.807, 2.05) is 25.1 Å². The molecule has 1 aromatic rings. The van der Waals surface area contributed by atoms with Crippen molar-refractivity contribution in [3.05, 3.63) is 35.9 Å². The van der Waals surface area contributed by atoms with Crippen molar-refractivity contribution in [2.75, 3.05) is 33.7 Å². The summed E-state index contributed by atoms with van der Waals surface area (Å²) in [6, 6.07) is 10.8. The van der Waals surface area contributed by atoms with Crippen LogP contribution in [0.1, 0.15) is 37.8 Å². The van der Waals surface area contributed by atoms with Crippen molar-refractivity contribution in [2.45, 2.75) is 38.3 Å². The molecule has 1 heterocycles. The second-order valence-corrected chi connectivity index (χ2v) is 6.46. The number of hydrogen-bond donors (Lipinski definition) is 1. The van der Waals surface area contributed by atoms with Crippen LogP contribution in [0, 0.1) is 0 Å². The lowest BCUT2D eigenvalue weighted by Crippen LogP contribution is -2.43. The Labute approximate surface area is 134 Å². The van der Waals surface area contributed by atoms with Gasteiger partial charge in [-0.25, -0.2) is 0 Å². The lowest BCUT2D eigenvalue weighted by atomic mass is 10.0. The van der Waals surface area contributed by atoms with Crippen molar-refractivity contribution in [2.24, 2.45) is 0 Å². The van der Waals surface area contributed by atoms with Crippen molar-refractivity contribution >= 4 is 5.91 Å². The van der Waals surface area contributed by atoms with Crippen LogP contribution in [0.4, 0.5) is 0 Å². The number of hydrogen-bond acceptors (Lipinski definition) is 3. The van der Waals surface area contributed by atoms with Gasteiger partial charge in [0.25, 0.3) is 0 Å². The van der Waals surface area contributed by atoms with E-state index in [9.17, 15) is 4.79 Å². The van der Waals surface area contributed by atoms with Crippen molar-refractivity contribution < 1.29 is 4.79 Å². The molecule has 122 valence electrons. The number of piperidine rings is 1. The molecule has 22 heavy (non-hydrogen) atoms. The van der Waals surface area contributed by atoms with E-state index in [0.717, 1.165) is 25.2 Å². The lowest BCUT2D eigenvalue weighted by molar-refractivity contribution is -0.122. The number of nitrogens with zero attached hydrogens (tertiary/aromatic N) is 2. The SMILES string of the molecule is CC(NC(=O)CCN(C)C1CCN(C)CC1)c1ccccc1. The Bertz CT molecular complexity index is 455. The molecule has 1 unspecified atom stereocenters. The highest BCUT2D eigenvalue weighted by molar-refractivity contribution is 5.76. The molecule has 0 bridgehead atoms. The number of carbonyl (C=O) groups excluding carboxylic acids is 1. The van der Waals surface area contributed by atoms with Crippen LogP contribution in [0.2, 0.25) is 0 Å². The van der Waals surface area contributed by atoms with Crippen LogP contribution >= 0.6 is 0 Å². The summed E-state index contributed by atoms with van der Waals surface area (Å²) < 4.78 is 0. The van der Waals surface area contributed by atoms with Gasteiger partial charge in [-0.15, -0.1) is 0 Å². The quantitative estimate of drug-likeness (QED) is 0.876.